The number of anilines is 1. The number of fused-ring (bicyclic) bond motifs is 2. The summed E-state index contributed by atoms with van der Waals surface area (Å²) in [4.78, 5) is 32.8. The number of amides is 1. The highest BCUT2D eigenvalue weighted by atomic mass is 16.3. The number of nitrogens with one attached hydrogen (secondary N) is 1. The van der Waals surface area contributed by atoms with E-state index in [0.29, 0.717) is 47.8 Å². The highest BCUT2D eigenvalue weighted by Crippen LogP contribution is 2.40. The number of allylic oxidation sites excluding steroid dienone is 1. The molecule has 1 amide bonds. The summed E-state index contributed by atoms with van der Waals surface area (Å²) in [6.07, 6.45) is 5.86. The monoisotopic (exact) mass is 404 g/mol. The minimum Gasteiger partial charge on any atom is -0.442 e. The molecule has 4 heterocycles. The fourth-order valence-corrected chi connectivity index (χ4v) is 4.05. The molecule has 154 valence electrons. The summed E-state index contributed by atoms with van der Waals surface area (Å²) in [6.45, 7) is 10.9. The van der Waals surface area contributed by atoms with Crippen molar-refractivity contribution in [3.05, 3.63) is 47.5 Å². The van der Waals surface area contributed by atoms with Crippen LogP contribution in [0.25, 0.3) is 16.7 Å². The SMILES string of the molecule is C=C(C)c1ncnc2c1CCN(C(=O)c1c(C)oc3ncnc(NC4(C)CC4)c13)C2. The fraction of sp³-hybridized carbons (Fsp3) is 0.409. The van der Waals surface area contributed by atoms with Gasteiger partial charge in [-0.2, -0.15) is 0 Å². The molecule has 3 aromatic rings. The van der Waals surface area contributed by atoms with Crippen molar-refractivity contribution < 1.29 is 9.21 Å². The third-order valence-electron chi connectivity index (χ3n) is 6.00. The molecule has 1 N–H and O–H groups in total. The van der Waals surface area contributed by atoms with Gasteiger partial charge in [0.05, 0.1) is 28.9 Å². The van der Waals surface area contributed by atoms with Crippen LogP contribution in [0.2, 0.25) is 0 Å². The zero-order chi connectivity index (χ0) is 21.0. The molecule has 0 aromatic carbocycles. The first kappa shape index (κ1) is 18.7. The van der Waals surface area contributed by atoms with E-state index in [0.717, 1.165) is 35.4 Å². The van der Waals surface area contributed by atoms with Gasteiger partial charge >= 0.3 is 0 Å². The number of aryl methyl sites for hydroxylation is 1. The van der Waals surface area contributed by atoms with Gasteiger partial charge in [-0.3, -0.25) is 4.79 Å². The molecule has 0 spiro atoms. The van der Waals surface area contributed by atoms with Crippen molar-refractivity contribution in [3.63, 3.8) is 0 Å². The third-order valence-corrected chi connectivity index (χ3v) is 6.00. The molecule has 1 saturated carbocycles. The third kappa shape index (κ3) is 3.03. The average molecular weight is 404 g/mol. The van der Waals surface area contributed by atoms with E-state index in [1.54, 1.807) is 13.3 Å². The molecule has 30 heavy (non-hydrogen) atoms. The summed E-state index contributed by atoms with van der Waals surface area (Å²) in [5.74, 6) is 1.12. The van der Waals surface area contributed by atoms with Crippen LogP contribution in [0.3, 0.4) is 0 Å². The first-order valence-corrected chi connectivity index (χ1v) is 10.2. The number of hydrogen-bond acceptors (Lipinski definition) is 7. The average Bonchev–Trinajstić information content (AvgIpc) is 3.34. The molecule has 0 saturated heterocycles. The van der Waals surface area contributed by atoms with Crippen LogP contribution < -0.4 is 5.32 Å². The molecule has 1 fully saturated rings. The standard InChI is InChI=1S/C22H24N6O2/c1-12(2)18-14-5-8-28(9-15(14)23-10-24-18)21(29)16-13(3)30-20-17(16)19(25-11-26-20)27-22(4)6-7-22/h10-11H,1,5-9H2,2-4H3,(H,25,26,27). The Hall–Kier alpha value is -3.29. The molecule has 0 bridgehead atoms. The molecule has 5 rings (SSSR count). The second kappa shape index (κ2) is 6.62. The number of aromatic nitrogens is 4. The van der Waals surface area contributed by atoms with Crippen LogP contribution in [-0.2, 0) is 13.0 Å². The lowest BCUT2D eigenvalue weighted by Crippen LogP contribution is -2.37. The summed E-state index contributed by atoms with van der Waals surface area (Å²) < 4.78 is 5.83. The minimum absolute atomic E-state index is 0.0205. The van der Waals surface area contributed by atoms with Gasteiger partial charge < -0.3 is 14.6 Å². The van der Waals surface area contributed by atoms with Crippen LogP contribution in [-0.4, -0.2) is 42.8 Å². The Morgan fingerprint density at radius 3 is 2.73 bits per heavy atom. The lowest BCUT2D eigenvalue weighted by molar-refractivity contribution is 0.0731. The molecule has 8 heteroatoms. The van der Waals surface area contributed by atoms with Crippen LogP contribution in [0, 0.1) is 6.92 Å². The summed E-state index contributed by atoms with van der Waals surface area (Å²) in [7, 11) is 0. The summed E-state index contributed by atoms with van der Waals surface area (Å²) in [6, 6.07) is 0. The van der Waals surface area contributed by atoms with Gasteiger partial charge in [-0.05, 0) is 45.6 Å². The largest absolute Gasteiger partial charge is 0.442 e. The second-order valence-electron chi connectivity index (χ2n) is 8.53. The lowest BCUT2D eigenvalue weighted by Gasteiger charge is -2.29. The molecule has 3 aromatic heterocycles. The van der Waals surface area contributed by atoms with Gasteiger partial charge in [0.15, 0.2) is 0 Å². The Balaban J connectivity index is 1.52. The molecule has 1 aliphatic heterocycles. The van der Waals surface area contributed by atoms with Crippen molar-refractivity contribution in [1.29, 1.82) is 0 Å². The molecule has 8 nitrogen and oxygen atoms in total. The van der Waals surface area contributed by atoms with E-state index in [1.807, 2.05) is 11.8 Å². The van der Waals surface area contributed by atoms with Crippen LogP contribution in [0.15, 0.2) is 23.7 Å². The Morgan fingerprint density at radius 2 is 2.00 bits per heavy atom. The second-order valence-corrected chi connectivity index (χ2v) is 8.53. The number of carbonyl (C=O) groups excluding carboxylic acids is 1. The maximum absolute atomic E-state index is 13.6. The zero-order valence-electron chi connectivity index (χ0n) is 17.4. The van der Waals surface area contributed by atoms with Crippen LogP contribution in [0.5, 0.6) is 0 Å². The van der Waals surface area contributed by atoms with Gasteiger partial charge in [-0.15, -0.1) is 0 Å². The summed E-state index contributed by atoms with van der Waals surface area (Å²) in [5, 5.41) is 4.13. The van der Waals surface area contributed by atoms with Crippen molar-refractivity contribution >= 4 is 28.4 Å². The van der Waals surface area contributed by atoms with Crippen LogP contribution in [0.1, 0.15) is 59.8 Å². The van der Waals surface area contributed by atoms with Gasteiger partial charge in [0, 0.05) is 17.6 Å². The number of furan rings is 1. The zero-order valence-corrected chi connectivity index (χ0v) is 17.4. The molecule has 2 aliphatic rings. The van der Waals surface area contributed by atoms with Crippen molar-refractivity contribution in [2.45, 2.75) is 52.1 Å². The molecule has 0 atom stereocenters. The van der Waals surface area contributed by atoms with Gasteiger partial charge in [-0.1, -0.05) is 6.58 Å². The van der Waals surface area contributed by atoms with Crippen LogP contribution >= 0.6 is 0 Å². The maximum Gasteiger partial charge on any atom is 0.258 e. The Bertz CT molecular complexity index is 1190. The minimum atomic E-state index is -0.0915. The van der Waals surface area contributed by atoms with E-state index in [9.17, 15) is 4.79 Å². The summed E-state index contributed by atoms with van der Waals surface area (Å²) in [5.41, 5.74) is 4.72. The van der Waals surface area contributed by atoms with Gasteiger partial charge in [0.2, 0.25) is 5.71 Å². The normalized spacial score (nSPS) is 17.0. The topological polar surface area (TPSA) is 97.0 Å². The van der Waals surface area contributed by atoms with Gasteiger partial charge in [-0.25, -0.2) is 19.9 Å². The highest BCUT2D eigenvalue weighted by molar-refractivity contribution is 6.10. The maximum atomic E-state index is 13.6. The smallest absolute Gasteiger partial charge is 0.258 e. The number of rotatable bonds is 4. The first-order valence-electron chi connectivity index (χ1n) is 10.2. The van der Waals surface area contributed by atoms with Gasteiger partial charge in [0.25, 0.3) is 5.91 Å². The van der Waals surface area contributed by atoms with E-state index < -0.39 is 0 Å². The van der Waals surface area contributed by atoms with E-state index in [2.05, 4.69) is 38.8 Å². The van der Waals surface area contributed by atoms with E-state index in [4.69, 9.17) is 4.42 Å². The molecule has 0 unspecified atom stereocenters. The predicted molar refractivity (Wildman–Crippen MR) is 113 cm³/mol. The summed E-state index contributed by atoms with van der Waals surface area (Å²) >= 11 is 0. The van der Waals surface area contributed by atoms with Crippen molar-refractivity contribution in [2.75, 3.05) is 11.9 Å². The Morgan fingerprint density at radius 1 is 1.23 bits per heavy atom. The number of carbonyl (C=O) groups is 1. The molecular formula is C22H24N6O2. The highest BCUT2D eigenvalue weighted by Gasteiger charge is 2.39. The molecule has 1 aliphatic carbocycles. The number of nitrogens with zero attached hydrogens (tertiary/aromatic N) is 5. The quantitative estimate of drug-likeness (QED) is 0.710. The van der Waals surface area contributed by atoms with E-state index in [1.165, 1.54) is 6.33 Å². The molecular weight excluding hydrogens is 380 g/mol. The van der Waals surface area contributed by atoms with E-state index >= 15 is 0 Å². The van der Waals surface area contributed by atoms with Crippen LogP contribution in [0.4, 0.5) is 5.82 Å². The van der Waals surface area contributed by atoms with Gasteiger partial charge in [0.1, 0.15) is 24.2 Å². The molecule has 0 radical (unpaired) electrons. The lowest BCUT2D eigenvalue weighted by atomic mass is 9.99. The van der Waals surface area contributed by atoms with E-state index in [-0.39, 0.29) is 11.4 Å². The van der Waals surface area contributed by atoms with Crippen molar-refractivity contribution in [3.8, 4) is 0 Å². The number of hydrogen-bond donors (Lipinski definition) is 1. The predicted octanol–water partition coefficient (Wildman–Crippen LogP) is 3.52. The van der Waals surface area contributed by atoms with Crippen molar-refractivity contribution in [1.82, 2.24) is 24.8 Å². The Labute approximate surface area is 174 Å². The first-order chi connectivity index (χ1) is 14.4. The fourth-order valence-electron chi connectivity index (χ4n) is 4.05. The van der Waals surface area contributed by atoms with Crippen molar-refractivity contribution in [2.24, 2.45) is 0 Å². The Kier molecular flexibility index (Phi) is 4.13.